The first-order valence-corrected chi connectivity index (χ1v) is 14.0. The number of hydrogen-bond donors (Lipinski definition) is 2. The van der Waals surface area contributed by atoms with E-state index in [0.717, 1.165) is 25.7 Å². The molecule has 2 bridgehead atoms. The van der Waals surface area contributed by atoms with Crippen molar-refractivity contribution >= 4 is 29.2 Å². The van der Waals surface area contributed by atoms with Gasteiger partial charge >= 0.3 is 5.97 Å². The first kappa shape index (κ1) is 25.6. The number of amides is 2. The van der Waals surface area contributed by atoms with Crippen LogP contribution in [0.1, 0.15) is 66.2 Å². The fourth-order valence-electron chi connectivity index (χ4n) is 9.96. The number of allylic oxidation sites excluding steroid dienone is 2. The molecule has 0 radical (unpaired) electrons. The SMILES string of the molecule is CC(C)C1=C[C@@]23CC[C@H]4[C@](C)(CCC[C@@]4(C)C(=O)O)[C@@H]2C[C@@H]1[C@@H]1C(=O)N(c2cccc(N([O-])O)c2)C(=O)[C@H]13. The molecule has 1 spiro atoms. The minimum atomic E-state index is -0.786. The predicted octanol–water partition coefficient (Wildman–Crippen LogP) is 5.40. The number of imide groups is 1. The molecule has 8 nitrogen and oxygen atoms in total. The second-order valence-electron chi connectivity index (χ2n) is 13.3. The quantitative estimate of drug-likeness (QED) is 0.309. The Kier molecular flexibility index (Phi) is 5.48. The van der Waals surface area contributed by atoms with Gasteiger partial charge in [0.25, 0.3) is 0 Å². The van der Waals surface area contributed by atoms with Crippen molar-refractivity contribution in [3.05, 3.63) is 41.1 Å². The number of carboxylic acids is 1. The van der Waals surface area contributed by atoms with Crippen LogP contribution in [0, 0.1) is 57.0 Å². The molecular formula is C30H37N2O6-. The number of hydrogen-bond acceptors (Lipinski definition) is 6. The number of carboxylic acid groups (broad SMARTS) is 1. The van der Waals surface area contributed by atoms with Crippen molar-refractivity contribution in [2.45, 2.75) is 66.2 Å². The zero-order valence-electron chi connectivity index (χ0n) is 22.5. The van der Waals surface area contributed by atoms with Gasteiger partial charge in [-0.25, -0.2) is 4.90 Å². The molecule has 1 aliphatic heterocycles. The predicted molar refractivity (Wildman–Crippen MR) is 141 cm³/mol. The number of nitrogens with zero attached hydrogens (tertiary/aromatic N) is 2. The van der Waals surface area contributed by atoms with Crippen LogP contribution in [0.2, 0.25) is 0 Å². The number of anilines is 2. The van der Waals surface area contributed by atoms with Crippen LogP contribution < -0.4 is 10.1 Å². The monoisotopic (exact) mass is 521 g/mol. The number of carbonyl (C=O) groups is 3. The minimum Gasteiger partial charge on any atom is -0.733 e. The average Bonchev–Trinajstić information content (AvgIpc) is 3.15. The first-order chi connectivity index (χ1) is 17.9. The number of rotatable bonds is 4. The van der Waals surface area contributed by atoms with Crippen molar-refractivity contribution in [2.24, 2.45) is 51.8 Å². The van der Waals surface area contributed by atoms with Crippen molar-refractivity contribution in [1.82, 2.24) is 0 Å². The van der Waals surface area contributed by atoms with Crippen LogP contribution in [-0.4, -0.2) is 28.1 Å². The summed E-state index contributed by atoms with van der Waals surface area (Å²) in [4.78, 5) is 42.1. The van der Waals surface area contributed by atoms with E-state index in [4.69, 9.17) is 0 Å². The van der Waals surface area contributed by atoms with Crippen molar-refractivity contribution in [2.75, 3.05) is 10.1 Å². The lowest BCUT2D eigenvalue weighted by Crippen LogP contribution is -2.65. The van der Waals surface area contributed by atoms with Crippen molar-refractivity contribution < 1.29 is 24.7 Å². The van der Waals surface area contributed by atoms with E-state index in [1.807, 2.05) is 6.92 Å². The highest BCUT2D eigenvalue weighted by atomic mass is 16.8. The molecule has 1 heterocycles. The molecule has 38 heavy (non-hydrogen) atoms. The molecule has 7 rings (SSSR count). The molecule has 0 unspecified atom stereocenters. The van der Waals surface area contributed by atoms with E-state index in [1.54, 1.807) is 12.1 Å². The molecule has 3 saturated carbocycles. The summed E-state index contributed by atoms with van der Waals surface area (Å²) in [6.45, 7) is 8.47. The van der Waals surface area contributed by atoms with Gasteiger partial charge in [-0.2, -0.15) is 0 Å². The number of aliphatic carboxylic acids is 1. The molecule has 6 aliphatic rings. The highest BCUT2D eigenvalue weighted by Gasteiger charge is 2.73. The van der Waals surface area contributed by atoms with Crippen LogP contribution in [-0.2, 0) is 14.4 Å². The Morgan fingerprint density at radius 1 is 1.13 bits per heavy atom. The summed E-state index contributed by atoms with van der Waals surface area (Å²) in [5, 5.41) is 31.0. The van der Waals surface area contributed by atoms with Crippen molar-refractivity contribution in [3.8, 4) is 0 Å². The Morgan fingerprint density at radius 2 is 1.87 bits per heavy atom. The van der Waals surface area contributed by atoms with Gasteiger partial charge in [-0.15, -0.1) is 0 Å². The third-order valence-corrected chi connectivity index (χ3v) is 11.5. The Labute approximate surface area is 223 Å². The van der Waals surface area contributed by atoms with Crippen LogP contribution >= 0.6 is 0 Å². The zero-order chi connectivity index (χ0) is 27.4. The highest BCUT2D eigenvalue weighted by Crippen LogP contribution is 2.74. The maximum atomic E-state index is 14.3. The number of carbonyl (C=O) groups excluding carboxylic acids is 2. The molecule has 1 aromatic rings. The van der Waals surface area contributed by atoms with Crippen LogP contribution in [0.4, 0.5) is 11.4 Å². The lowest BCUT2D eigenvalue weighted by molar-refractivity contribution is -0.194. The van der Waals surface area contributed by atoms with E-state index in [-0.39, 0.29) is 51.8 Å². The van der Waals surface area contributed by atoms with E-state index in [9.17, 15) is 29.9 Å². The second kappa shape index (κ2) is 8.15. The standard InChI is InChI=1S/C30H37N2O6/c1-16(2)20-15-30-12-9-21-28(3,10-6-11-29(21,4)27(35)36)22(30)14-19(20)23-24(30)26(34)31(25(23)33)17-7-5-8-18(13-17)32(37)38/h5,7-8,13,15-16,19,21-24,37H,6,9-12,14H2,1-4H3,(H,35,36)/q-1/t19-,21-,22-,23-,24-,28-,29+,30-/m0/s1. The van der Waals surface area contributed by atoms with E-state index < -0.39 is 28.6 Å². The van der Waals surface area contributed by atoms with Crippen molar-refractivity contribution in [3.63, 3.8) is 0 Å². The summed E-state index contributed by atoms with van der Waals surface area (Å²) in [6.07, 6.45) is 7.02. The van der Waals surface area contributed by atoms with E-state index in [0.29, 0.717) is 18.5 Å². The molecular weight excluding hydrogens is 484 g/mol. The maximum absolute atomic E-state index is 14.3. The van der Waals surface area contributed by atoms with Crippen molar-refractivity contribution in [1.29, 1.82) is 0 Å². The molecule has 1 saturated heterocycles. The molecule has 5 aliphatic carbocycles. The summed E-state index contributed by atoms with van der Waals surface area (Å²) in [6, 6.07) is 6.00. The average molecular weight is 522 g/mol. The van der Waals surface area contributed by atoms with Gasteiger partial charge in [-0.1, -0.05) is 44.9 Å². The van der Waals surface area contributed by atoms with E-state index in [1.165, 1.54) is 22.6 Å². The van der Waals surface area contributed by atoms with E-state index in [2.05, 4.69) is 26.8 Å². The normalized spacial score (nSPS) is 41.5. The highest BCUT2D eigenvalue weighted by molar-refractivity contribution is 6.23. The lowest BCUT2D eigenvalue weighted by Gasteiger charge is -2.68. The topological polar surface area (TPSA) is 121 Å². The molecule has 1 aromatic carbocycles. The smallest absolute Gasteiger partial charge is 0.309 e. The molecule has 4 fully saturated rings. The second-order valence-corrected chi connectivity index (χ2v) is 13.3. The zero-order valence-corrected chi connectivity index (χ0v) is 22.5. The first-order valence-electron chi connectivity index (χ1n) is 14.0. The summed E-state index contributed by atoms with van der Waals surface area (Å²) >= 11 is 0. The largest absolute Gasteiger partial charge is 0.733 e. The molecule has 0 aromatic heterocycles. The number of benzene rings is 1. The lowest BCUT2D eigenvalue weighted by atomic mass is 9.34. The van der Waals surface area contributed by atoms with Gasteiger partial charge in [0, 0.05) is 5.41 Å². The maximum Gasteiger partial charge on any atom is 0.309 e. The third-order valence-electron chi connectivity index (χ3n) is 11.5. The van der Waals surface area contributed by atoms with Crippen LogP contribution in [0.3, 0.4) is 0 Å². The molecule has 2 N–H and O–H groups in total. The van der Waals surface area contributed by atoms with Gasteiger partial charge in [0.05, 0.1) is 28.6 Å². The molecule has 204 valence electrons. The Balaban J connectivity index is 1.48. The van der Waals surface area contributed by atoms with Crippen LogP contribution in [0.5, 0.6) is 0 Å². The molecule has 8 atom stereocenters. The Bertz CT molecular complexity index is 1260. The van der Waals surface area contributed by atoms with Gasteiger partial charge in [0.2, 0.25) is 11.8 Å². The molecule has 8 heteroatoms. The summed E-state index contributed by atoms with van der Waals surface area (Å²) in [5.74, 6) is -1.83. The van der Waals surface area contributed by atoms with Gasteiger partial charge in [-0.3, -0.25) is 19.6 Å². The Hall–Kier alpha value is -2.71. The Morgan fingerprint density at radius 3 is 2.53 bits per heavy atom. The fraction of sp³-hybridized carbons (Fsp3) is 0.633. The van der Waals surface area contributed by atoms with Crippen LogP contribution in [0.15, 0.2) is 35.9 Å². The van der Waals surface area contributed by atoms with Gasteiger partial charge in [0.15, 0.2) is 0 Å². The third kappa shape index (κ3) is 3.07. The number of fused-ring (bicyclic) bond motifs is 1. The summed E-state index contributed by atoms with van der Waals surface area (Å²) < 4.78 is 0. The summed E-state index contributed by atoms with van der Waals surface area (Å²) in [5.41, 5.74) is -0.00717. The molecule has 2 amide bonds. The van der Waals surface area contributed by atoms with Gasteiger partial charge in [-0.05, 0) is 86.3 Å². The minimum absolute atomic E-state index is 0.0261. The van der Waals surface area contributed by atoms with Gasteiger partial charge < -0.3 is 15.5 Å². The van der Waals surface area contributed by atoms with E-state index >= 15 is 0 Å². The van der Waals surface area contributed by atoms with Gasteiger partial charge in [0.1, 0.15) is 0 Å². The summed E-state index contributed by atoms with van der Waals surface area (Å²) in [7, 11) is 0. The van der Waals surface area contributed by atoms with Crippen LogP contribution in [0.25, 0.3) is 0 Å². The fourth-order valence-corrected chi connectivity index (χ4v) is 9.96.